The lowest BCUT2D eigenvalue weighted by molar-refractivity contribution is -0.131. The molecular formula is C18H26N2O. The second kappa shape index (κ2) is 6.18. The molecule has 0 aromatic heterocycles. The van der Waals surface area contributed by atoms with E-state index in [4.69, 9.17) is 0 Å². The Morgan fingerprint density at radius 1 is 1.29 bits per heavy atom. The van der Waals surface area contributed by atoms with Gasteiger partial charge in [0, 0.05) is 14.1 Å². The number of amides is 1. The van der Waals surface area contributed by atoms with E-state index in [-0.39, 0.29) is 11.9 Å². The van der Waals surface area contributed by atoms with Gasteiger partial charge in [0.25, 0.3) is 0 Å². The number of rotatable bonds is 3. The van der Waals surface area contributed by atoms with E-state index in [1.54, 1.807) is 16.0 Å². The Morgan fingerprint density at radius 3 is 2.90 bits per heavy atom. The molecule has 1 aromatic carbocycles. The van der Waals surface area contributed by atoms with Crippen molar-refractivity contribution in [2.45, 2.75) is 44.6 Å². The highest BCUT2D eigenvalue weighted by Crippen LogP contribution is 2.26. The molecule has 0 spiro atoms. The number of hydrogen-bond donors (Lipinski definition) is 1. The first-order valence-corrected chi connectivity index (χ1v) is 8.18. The van der Waals surface area contributed by atoms with Crippen LogP contribution in [-0.4, -0.2) is 37.5 Å². The summed E-state index contributed by atoms with van der Waals surface area (Å²) in [5.41, 5.74) is 4.56. The van der Waals surface area contributed by atoms with Gasteiger partial charge in [0.2, 0.25) is 5.91 Å². The molecule has 114 valence electrons. The van der Waals surface area contributed by atoms with Gasteiger partial charge in [-0.2, -0.15) is 0 Å². The molecule has 2 aliphatic rings. The average Bonchev–Trinajstić information content (AvgIpc) is 2.94. The number of nitrogens with zero attached hydrogens (tertiary/aromatic N) is 1. The van der Waals surface area contributed by atoms with E-state index in [0.29, 0.717) is 5.92 Å². The van der Waals surface area contributed by atoms with Gasteiger partial charge in [-0.25, -0.2) is 0 Å². The molecule has 2 unspecified atom stereocenters. The second-order valence-electron chi connectivity index (χ2n) is 6.79. The lowest BCUT2D eigenvalue weighted by atomic mass is 9.86. The van der Waals surface area contributed by atoms with Crippen LogP contribution < -0.4 is 5.32 Å². The van der Waals surface area contributed by atoms with Crippen LogP contribution in [0.2, 0.25) is 0 Å². The molecule has 1 aliphatic heterocycles. The number of fused-ring (bicyclic) bond motifs is 1. The largest absolute Gasteiger partial charge is 0.347 e. The van der Waals surface area contributed by atoms with Crippen molar-refractivity contribution < 1.29 is 4.79 Å². The molecule has 1 saturated heterocycles. The summed E-state index contributed by atoms with van der Waals surface area (Å²) >= 11 is 0. The third-order valence-corrected chi connectivity index (χ3v) is 4.94. The molecule has 1 aromatic rings. The zero-order valence-electron chi connectivity index (χ0n) is 13.2. The molecule has 3 rings (SSSR count). The van der Waals surface area contributed by atoms with Gasteiger partial charge < -0.3 is 10.2 Å². The van der Waals surface area contributed by atoms with Crippen molar-refractivity contribution in [1.29, 1.82) is 0 Å². The van der Waals surface area contributed by atoms with Gasteiger partial charge >= 0.3 is 0 Å². The smallest absolute Gasteiger partial charge is 0.239 e. The number of carbonyl (C=O) groups is 1. The van der Waals surface area contributed by atoms with Gasteiger partial charge in [-0.3, -0.25) is 4.79 Å². The predicted octanol–water partition coefficient (Wildman–Crippen LogP) is 2.17. The third-order valence-electron chi connectivity index (χ3n) is 4.94. The van der Waals surface area contributed by atoms with E-state index >= 15 is 0 Å². The zero-order valence-corrected chi connectivity index (χ0v) is 13.2. The van der Waals surface area contributed by atoms with Crippen LogP contribution >= 0.6 is 0 Å². The molecule has 0 saturated carbocycles. The van der Waals surface area contributed by atoms with Gasteiger partial charge in [0.1, 0.15) is 0 Å². The van der Waals surface area contributed by atoms with Crippen LogP contribution in [0.4, 0.5) is 0 Å². The Kier molecular flexibility index (Phi) is 4.29. The van der Waals surface area contributed by atoms with Gasteiger partial charge in [0.05, 0.1) is 6.04 Å². The Labute approximate surface area is 127 Å². The maximum absolute atomic E-state index is 12.1. The maximum Gasteiger partial charge on any atom is 0.239 e. The van der Waals surface area contributed by atoms with Crippen LogP contribution in [0.1, 0.15) is 36.0 Å². The van der Waals surface area contributed by atoms with Crippen molar-refractivity contribution in [3.8, 4) is 0 Å². The normalized spacial score (nSPS) is 24.7. The number of hydrogen-bond acceptors (Lipinski definition) is 2. The van der Waals surface area contributed by atoms with Crippen molar-refractivity contribution >= 4 is 5.91 Å². The average molecular weight is 286 g/mol. The fourth-order valence-electron chi connectivity index (χ4n) is 3.77. The van der Waals surface area contributed by atoms with Crippen molar-refractivity contribution in [3.05, 3.63) is 34.9 Å². The summed E-state index contributed by atoms with van der Waals surface area (Å²) < 4.78 is 0. The Morgan fingerprint density at radius 2 is 2.10 bits per heavy atom. The summed E-state index contributed by atoms with van der Waals surface area (Å²) in [6.07, 6.45) is 7.07. The lowest BCUT2D eigenvalue weighted by Crippen LogP contribution is -2.48. The van der Waals surface area contributed by atoms with Crippen LogP contribution in [0.15, 0.2) is 18.2 Å². The topological polar surface area (TPSA) is 32.3 Å². The zero-order chi connectivity index (χ0) is 14.8. The Bertz CT molecular complexity index is 524. The first kappa shape index (κ1) is 14.6. The molecule has 21 heavy (non-hydrogen) atoms. The summed E-state index contributed by atoms with van der Waals surface area (Å²) in [5.74, 6) is 0.841. The van der Waals surface area contributed by atoms with Gasteiger partial charge in [-0.15, -0.1) is 0 Å². The minimum Gasteiger partial charge on any atom is -0.347 e. The second-order valence-corrected chi connectivity index (χ2v) is 6.79. The molecule has 1 heterocycles. The van der Waals surface area contributed by atoms with Crippen molar-refractivity contribution in [2.75, 3.05) is 20.6 Å². The number of aryl methyl sites for hydroxylation is 2. The number of likely N-dealkylation sites (N-methyl/N-ethyl adjacent to an activating group) is 1. The number of piperidine rings is 1. The molecule has 0 bridgehead atoms. The van der Waals surface area contributed by atoms with Crippen molar-refractivity contribution in [3.63, 3.8) is 0 Å². The SMILES string of the molecule is CN(C)C(=O)C1CC(Cc2ccc3c(c2)CCC3)CCN1. The molecule has 1 aliphatic carbocycles. The summed E-state index contributed by atoms with van der Waals surface area (Å²) in [6.45, 7) is 0.958. The number of nitrogens with one attached hydrogen (secondary N) is 1. The van der Waals surface area contributed by atoms with Crippen LogP contribution in [0.25, 0.3) is 0 Å². The van der Waals surface area contributed by atoms with Crippen LogP contribution in [0, 0.1) is 5.92 Å². The summed E-state index contributed by atoms with van der Waals surface area (Å²) in [7, 11) is 3.68. The highest BCUT2D eigenvalue weighted by molar-refractivity contribution is 5.81. The molecule has 3 heteroatoms. The Balaban J connectivity index is 1.63. The third kappa shape index (κ3) is 3.29. The fraction of sp³-hybridized carbons (Fsp3) is 0.611. The Hall–Kier alpha value is -1.35. The predicted molar refractivity (Wildman–Crippen MR) is 85.4 cm³/mol. The first-order valence-electron chi connectivity index (χ1n) is 8.18. The number of carbonyl (C=O) groups excluding carboxylic acids is 1. The first-order chi connectivity index (χ1) is 10.1. The van der Waals surface area contributed by atoms with E-state index in [1.807, 2.05) is 14.1 Å². The molecule has 1 fully saturated rings. The molecule has 1 N–H and O–H groups in total. The molecule has 1 amide bonds. The van der Waals surface area contributed by atoms with E-state index in [0.717, 1.165) is 19.4 Å². The molecule has 0 radical (unpaired) electrons. The van der Waals surface area contributed by atoms with Gasteiger partial charge in [-0.1, -0.05) is 18.2 Å². The standard InChI is InChI=1S/C18H26N2O/c1-20(2)18(21)17-12-14(8-9-19-17)10-13-6-7-15-4-3-5-16(15)11-13/h6-7,11,14,17,19H,3-5,8-10,12H2,1-2H3. The number of benzene rings is 1. The van der Waals surface area contributed by atoms with Gasteiger partial charge in [0.15, 0.2) is 0 Å². The van der Waals surface area contributed by atoms with Crippen molar-refractivity contribution in [2.24, 2.45) is 5.92 Å². The van der Waals surface area contributed by atoms with E-state index < -0.39 is 0 Å². The highest BCUT2D eigenvalue weighted by atomic mass is 16.2. The van der Waals surface area contributed by atoms with E-state index in [9.17, 15) is 4.79 Å². The minimum absolute atomic E-state index is 0.00757. The van der Waals surface area contributed by atoms with Crippen LogP contribution in [0.5, 0.6) is 0 Å². The minimum atomic E-state index is 0.00757. The summed E-state index contributed by atoms with van der Waals surface area (Å²) in [6, 6.07) is 7.04. The fourth-order valence-corrected chi connectivity index (χ4v) is 3.77. The van der Waals surface area contributed by atoms with Gasteiger partial charge in [-0.05, 0) is 67.7 Å². The summed E-state index contributed by atoms with van der Waals surface area (Å²) in [5, 5.41) is 3.37. The molecular weight excluding hydrogens is 260 g/mol. The maximum atomic E-state index is 12.1. The monoisotopic (exact) mass is 286 g/mol. The van der Waals surface area contributed by atoms with E-state index in [2.05, 4.69) is 23.5 Å². The van der Waals surface area contributed by atoms with E-state index in [1.165, 1.54) is 31.2 Å². The lowest BCUT2D eigenvalue weighted by Gasteiger charge is -2.31. The molecule has 3 nitrogen and oxygen atoms in total. The van der Waals surface area contributed by atoms with Crippen LogP contribution in [0.3, 0.4) is 0 Å². The van der Waals surface area contributed by atoms with Crippen molar-refractivity contribution in [1.82, 2.24) is 10.2 Å². The van der Waals surface area contributed by atoms with Crippen LogP contribution in [-0.2, 0) is 24.1 Å². The molecule has 2 atom stereocenters. The summed E-state index contributed by atoms with van der Waals surface area (Å²) in [4.78, 5) is 13.8. The quantitative estimate of drug-likeness (QED) is 0.923. The highest BCUT2D eigenvalue weighted by Gasteiger charge is 2.28.